The van der Waals surface area contributed by atoms with E-state index < -0.39 is 31.4 Å². The Bertz CT molecular complexity index is 772. The molecule has 3 atom stereocenters. The van der Waals surface area contributed by atoms with Crippen LogP contribution in [0.2, 0.25) is 0 Å². The summed E-state index contributed by atoms with van der Waals surface area (Å²) in [6, 6.07) is 0. The Morgan fingerprint density at radius 1 is 1.57 bits per heavy atom. The Kier molecular flexibility index (Phi) is 5.24. The van der Waals surface area contributed by atoms with Crippen molar-refractivity contribution in [2.75, 3.05) is 6.61 Å². The third-order valence-electron chi connectivity index (χ3n) is 3.61. The maximum atomic E-state index is 11.9. The molecule has 0 aromatic carbocycles. The molecule has 1 aromatic rings. The van der Waals surface area contributed by atoms with Gasteiger partial charge in [-0.2, -0.15) is 0 Å². The van der Waals surface area contributed by atoms with Gasteiger partial charge in [0.25, 0.3) is 5.56 Å². The highest BCUT2D eigenvalue weighted by Crippen LogP contribution is 2.40. The monoisotopic (exact) mass is 344 g/mol. The zero-order valence-corrected chi connectivity index (χ0v) is 13.2. The molecule has 0 saturated carbocycles. The molecule has 10 heteroatoms. The van der Waals surface area contributed by atoms with Crippen LogP contribution in [0, 0.1) is 25.2 Å². The standard InChI is InChI=1S/C13H17N2O7P/c1-3-4-9-5-11(22-10(9)7-21-23(18,19)20)15-6-8(2)12(16)14-13(15)17/h1,6,9-11H,4-5,7H2,2H3,(H,14,16,17)(H2,18,19,20)/t9-,10+,11+/m0/s1. The molecule has 9 nitrogen and oxygen atoms in total. The molecule has 1 saturated heterocycles. The van der Waals surface area contributed by atoms with Crippen LogP contribution < -0.4 is 11.2 Å². The molecule has 0 aliphatic carbocycles. The molecule has 1 aliphatic rings. The first-order valence-corrected chi connectivity index (χ1v) is 8.35. The van der Waals surface area contributed by atoms with Crippen molar-refractivity contribution in [3.8, 4) is 12.3 Å². The third kappa shape index (κ3) is 4.41. The Morgan fingerprint density at radius 2 is 2.26 bits per heavy atom. The third-order valence-corrected chi connectivity index (χ3v) is 4.09. The number of phosphoric ester groups is 1. The highest BCUT2D eigenvalue weighted by molar-refractivity contribution is 7.46. The molecule has 0 bridgehead atoms. The van der Waals surface area contributed by atoms with Gasteiger partial charge in [-0.25, -0.2) is 9.36 Å². The van der Waals surface area contributed by atoms with E-state index in [2.05, 4.69) is 15.4 Å². The van der Waals surface area contributed by atoms with Crippen molar-refractivity contribution < 1.29 is 23.6 Å². The van der Waals surface area contributed by atoms with E-state index in [0.29, 0.717) is 18.4 Å². The van der Waals surface area contributed by atoms with Crippen molar-refractivity contribution in [1.29, 1.82) is 0 Å². The van der Waals surface area contributed by atoms with Crippen molar-refractivity contribution in [3.05, 3.63) is 32.6 Å². The first-order chi connectivity index (χ1) is 10.7. The number of rotatable bonds is 5. The molecule has 0 spiro atoms. The maximum Gasteiger partial charge on any atom is 0.469 e. The molecule has 23 heavy (non-hydrogen) atoms. The lowest BCUT2D eigenvalue weighted by atomic mass is 9.98. The number of hydrogen-bond donors (Lipinski definition) is 3. The summed E-state index contributed by atoms with van der Waals surface area (Å²) in [6.07, 6.45) is 5.99. The maximum absolute atomic E-state index is 11.9. The second kappa shape index (κ2) is 6.83. The predicted octanol–water partition coefficient (Wildman–Crippen LogP) is -0.119. The lowest BCUT2D eigenvalue weighted by molar-refractivity contribution is -0.0318. The van der Waals surface area contributed by atoms with Crippen LogP contribution in [0.4, 0.5) is 0 Å². The fourth-order valence-electron chi connectivity index (χ4n) is 2.47. The number of hydrogen-bond acceptors (Lipinski definition) is 5. The van der Waals surface area contributed by atoms with Crippen LogP contribution in [0.3, 0.4) is 0 Å². The molecule has 1 aliphatic heterocycles. The summed E-state index contributed by atoms with van der Waals surface area (Å²) in [5.41, 5.74) is -0.760. The Hall–Kier alpha value is -1.69. The minimum atomic E-state index is -4.63. The minimum Gasteiger partial charge on any atom is -0.352 e. The van der Waals surface area contributed by atoms with E-state index in [1.165, 1.54) is 10.8 Å². The number of ether oxygens (including phenoxy) is 1. The van der Waals surface area contributed by atoms with Crippen LogP contribution >= 0.6 is 7.82 Å². The van der Waals surface area contributed by atoms with Gasteiger partial charge in [-0.15, -0.1) is 12.3 Å². The average molecular weight is 344 g/mol. The normalized spacial score (nSPS) is 24.5. The quantitative estimate of drug-likeness (QED) is 0.501. The topological polar surface area (TPSA) is 131 Å². The van der Waals surface area contributed by atoms with E-state index in [0.717, 1.165) is 0 Å². The van der Waals surface area contributed by atoms with Gasteiger partial charge in [-0.3, -0.25) is 18.9 Å². The van der Waals surface area contributed by atoms with Crippen LogP contribution in [-0.4, -0.2) is 32.0 Å². The van der Waals surface area contributed by atoms with Gasteiger partial charge in [0.15, 0.2) is 0 Å². The molecule has 0 amide bonds. The number of H-pyrrole nitrogens is 1. The highest BCUT2D eigenvalue weighted by atomic mass is 31.2. The SMILES string of the molecule is C#CC[C@H]1C[C@H](n2cc(C)c(=O)[nH]c2=O)O[C@@H]1COP(=O)(O)O. The number of phosphoric acid groups is 1. The summed E-state index contributed by atoms with van der Waals surface area (Å²) < 4.78 is 22.2. The molecular formula is C13H17N2O7P. The van der Waals surface area contributed by atoms with Gasteiger partial charge in [-0.05, 0) is 13.3 Å². The van der Waals surface area contributed by atoms with Gasteiger partial charge < -0.3 is 14.5 Å². The van der Waals surface area contributed by atoms with Crippen molar-refractivity contribution >= 4 is 7.82 Å². The van der Waals surface area contributed by atoms with E-state index in [9.17, 15) is 14.2 Å². The van der Waals surface area contributed by atoms with E-state index >= 15 is 0 Å². The highest BCUT2D eigenvalue weighted by Gasteiger charge is 2.37. The first kappa shape index (κ1) is 17.7. The number of nitrogens with one attached hydrogen (secondary N) is 1. The van der Waals surface area contributed by atoms with E-state index in [1.807, 2.05) is 0 Å². The molecule has 1 aromatic heterocycles. The molecule has 0 unspecified atom stereocenters. The summed E-state index contributed by atoms with van der Waals surface area (Å²) in [7, 11) is -4.63. The molecular weight excluding hydrogens is 327 g/mol. The van der Waals surface area contributed by atoms with Gasteiger partial charge in [0, 0.05) is 24.1 Å². The van der Waals surface area contributed by atoms with Crippen molar-refractivity contribution in [2.24, 2.45) is 5.92 Å². The van der Waals surface area contributed by atoms with Crippen molar-refractivity contribution in [3.63, 3.8) is 0 Å². The second-order valence-corrected chi connectivity index (χ2v) is 6.54. The Labute approximate surface area is 131 Å². The van der Waals surface area contributed by atoms with Crippen molar-refractivity contribution in [1.82, 2.24) is 9.55 Å². The molecule has 0 radical (unpaired) electrons. The van der Waals surface area contributed by atoms with Gasteiger partial charge >= 0.3 is 13.5 Å². The van der Waals surface area contributed by atoms with Crippen LogP contribution in [-0.2, 0) is 13.8 Å². The zero-order chi connectivity index (χ0) is 17.2. The largest absolute Gasteiger partial charge is 0.469 e. The summed E-state index contributed by atoms with van der Waals surface area (Å²) in [5.74, 6) is 2.24. The summed E-state index contributed by atoms with van der Waals surface area (Å²) in [6.45, 7) is 1.21. The zero-order valence-electron chi connectivity index (χ0n) is 12.3. The van der Waals surface area contributed by atoms with Gasteiger partial charge in [-0.1, -0.05) is 0 Å². The first-order valence-electron chi connectivity index (χ1n) is 6.82. The van der Waals surface area contributed by atoms with Crippen molar-refractivity contribution in [2.45, 2.75) is 32.1 Å². The van der Waals surface area contributed by atoms with Crippen LogP contribution in [0.1, 0.15) is 24.6 Å². The fourth-order valence-corrected chi connectivity index (χ4v) is 2.81. The molecule has 126 valence electrons. The van der Waals surface area contributed by atoms with Gasteiger partial charge in [0.05, 0.1) is 12.7 Å². The Morgan fingerprint density at radius 3 is 2.87 bits per heavy atom. The summed E-state index contributed by atoms with van der Waals surface area (Å²) in [4.78, 5) is 43.1. The van der Waals surface area contributed by atoms with E-state index in [4.69, 9.17) is 20.9 Å². The van der Waals surface area contributed by atoms with Crippen LogP contribution in [0.5, 0.6) is 0 Å². The van der Waals surface area contributed by atoms with Gasteiger partial charge in [0.1, 0.15) is 6.23 Å². The smallest absolute Gasteiger partial charge is 0.352 e. The number of terminal acetylenes is 1. The Balaban J connectivity index is 2.21. The lowest BCUT2D eigenvalue weighted by Crippen LogP contribution is -2.33. The molecule has 1 fully saturated rings. The van der Waals surface area contributed by atoms with E-state index in [-0.39, 0.29) is 12.5 Å². The molecule has 2 heterocycles. The minimum absolute atomic E-state index is 0.226. The van der Waals surface area contributed by atoms with Gasteiger partial charge in [0.2, 0.25) is 0 Å². The van der Waals surface area contributed by atoms with Crippen LogP contribution in [0.15, 0.2) is 15.8 Å². The number of nitrogens with zero attached hydrogens (tertiary/aromatic N) is 1. The lowest BCUT2D eigenvalue weighted by Gasteiger charge is -2.17. The average Bonchev–Trinajstić information content (AvgIpc) is 2.83. The molecule has 3 N–H and O–H groups in total. The fraction of sp³-hybridized carbons (Fsp3) is 0.538. The second-order valence-electron chi connectivity index (χ2n) is 5.30. The van der Waals surface area contributed by atoms with E-state index in [1.54, 1.807) is 6.92 Å². The summed E-state index contributed by atoms with van der Waals surface area (Å²) >= 11 is 0. The predicted molar refractivity (Wildman–Crippen MR) is 79.5 cm³/mol. The molecule has 2 rings (SSSR count). The number of aryl methyl sites for hydroxylation is 1. The number of aromatic nitrogens is 2. The van der Waals surface area contributed by atoms with Crippen LogP contribution in [0.25, 0.3) is 0 Å². The summed E-state index contributed by atoms with van der Waals surface area (Å²) in [5, 5.41) is 0. The number of aromatic amines is 1.